The van der Waals surface area contributed by atoms with Crippen LogP contribution in [0, 0.1) is 0 Å². The van der Waals surface area contributed by atoms with Gasteiger partial charge in [0.05, 0.1) is 0 Å². The molecule has 0 spiro atoms. The lowest BCUT2D eigenvalue weighted by Gasteiger charge is -2.07. The summed E-state index contributed by atoms with van der Waals surface area (Å²) < 4.78 is 0. The number of hydrogen-bond acceptors (Lipinski definition) is 1. The number of hydrogen-bond donors (Lipinski definition) is 1. The molecule has 1 aromatic rings. The highest BCUT2D eigenvalue weighted by Crippen LogP contribution is 2.49. The maximum atomic E-state index is 2.27. The monoisotopic (exact) mass is 194 g/mol. The normalized spacial score (nSPS) is 17.2. The van der Waals surface area contributed by atoms with Gasteiger partial charge in [-0.05, 0) is 22.9 Å². The molecule has 0 aromatic heterocycles. The maximum Gasteiger partial charge on any atom is 0.0171 e. The molecule has 0 amide bonds. The molecule has 0 atom stereocenters. The Morgan fingerprint density at radius 1 is 0.917 bits per heavy atom. The molecule has 0 saturated carbocycles. The van der Waals surface area contributed by atoms with E-state index in [1.165, 1.54) is 4.90 Å². The van der Waals surface area contributed by atoms with Gasteiger partial charge in [0.2, 0.25) is 0 Å². The Morgan fingerprint density at radius 2 is 1.58 bits per heavy atom. The fourth-order valence-electron chi connectivity index (χ4n) is 0.983. The summed E-state index contributed by atoms with van der Waals surface area (Å²) in [6.45, 7) is 0. The summed E-state index contributed by atoms with van der Waals surface area (Å²) in [6.07, 6.45) is 4.25. The predicted molar refractivity (Wildman–Crippen MR) is 59.6 cm³/mol. The fraction of sp³-hybridized carbons (Fsp3) is 0. The highest BCUT2D eigenvalue weighted by molar-refractivity contribution is 8.87. The van der Waals surface area contributed by atoms with Crippen LogP contribution in [0.2, 0.25) is 0 Å². The van der Waals surface area contributed by atoms with Crippen molar-refractivity contribution in [3.8, 4) is 0 Å². The molecule has 0 bridgehead atoms. The molecule has 1 aliphatic heterocycles. The van der Waals surface area contributed by atoms with E-state index in [0.717, 1.165) is 0 Å². The van der Waals surface area contributed by atoms with E-state index in [4.69, 9.17) is 0 Å². The summed E-state index contributed by atoms with van der Waals surface area (Å²) in [5.74, 6) is 0. The molecule has 1 heterocycles. The lowest BCUT2D eigenvalue weighted by Crippen LogP contribution is -1.65. The van der Waals surface area contributed by atoms with Crippen molar-refractivity contribution in [3.05, 3.63) is 53.3 Å². The number of allylic oxidation sites excluding steroid dienone is 2. The molecular weight excluding hydrogens is 184 g/mol. The third-order valence-electron chi connectivity index (χ3n) is 1.53. The van der Waals surface area contributed by atoms with Gasteiger partial charge in [-0.1, -0.05) is 41.1 Å². The summed E-state index contributed by atoms with van der Waals surface area (Å²) in [5, 5.41) is 4.54. The fourth-order valence-corrected chi connectivity index (χ4v) is 4.15. The van der Waals surface area contributed by atoms with Crippen LogP contribution in [-0.2, 0) is 0 Å². The third kappa shape index (κ3) is 1.96. The first kappa shape index (κ1) is 8.02. The lowest BCUT2D eigenvalue weighted by molar-refractivity contribution is 1.48. The van der Waals surface area contributed by atoms with Crippen LogP contribution in [0.25, 0.3) is 0 Å². The van der Waals surface area contributed by atoms with Crippen molar-refractivity contribution in [2.75, 3.05) is 0 Å². The molecule has 0 aliphatic carbocycles. The van der Waals surface area contributed by atoms with Gasteiger partial charge in [0, 0.05) is 4.90 Å². The SMILES string of the molecule is C1=C[SH](Sc2ccccc2)C=C1. The molecule has 2 heteroatoms. The zero-order valence-corrected chi connectivity index (χ0v) is 8.26. The Hall–Kier alpha value is -0.600. The third-order valence-corrected chi connectivity index (χ3v) is 5.15. The predicted octanol–water partition coefficient (Wildman–Crippen LogP) is 3.74. The van der Waals surface area contributed by atoms with Crippen LogP contribution in [0.1, 0.15) is 0 Å². The minimum atomic E-state index is -0.0658. The van der Waals surface area contributed by atoms with Gasteiger partial charge in [-0.25, -0.2) is 0 Å². The zero-order chi connectivity index (χ0) is 8.23. The average Bonchev–Trinajstić information content (AvgIpc) is 2.59. The minimum absolute atomic E-state index is 0.0658. The molecule has 0 saturated heterocycles. The van der Waals surface area contributed by atoms with E-state index in [-0.39, 0.29) is 9.93 Å². The number of benzene rings is 1. The first-order chi connectivity index (χ1) is 5.95. The first-order valence-electron chi connectivity index (χ1n) is 3.81. The van der Waals surface area contributed by atoms with E-state index in [0.29, 0.717) is 0 Å². The molecule has 0 fully saturated rings. The van der Waals surface area contributed by atoms with Crippen LogP contribution in [0.15, 0.2) is 58.2 Å². The van der Waals surface area contributed by atoms with E-state index >= 15 is 0 Å². The van der Waals surface area contributed by atoms with E-state index < -0.39 is 0 Å². The number of thiol groups is 1. The average molecular weight is 194 g/mol. The Balaban J connectivity index is 2.04. The standard InChI is InChI=1S/C10H10S2/c1-2-6-10(7-3-1)11-12-8-4-5-9-12/h1-9,12H. The number of rotatable bonds is 2. The highest BCUT2D eigenvalue weighted by Gasteiger charge is 2.00. The van der Waals surface area contributed by atoms with Crippen LogP contribution in [0.5, 0.6) is 0 Å². The van der Waals surface area contributed by atoms with Gasteiger partial charge < -0.3 is 0 Å². The molecule has 1 aromatic carbocycles. The molecule has 12 heavy (non-hydrogen) atoms. The van der Waals surface area contributed by atoms with Gasteiger partial charge in [0.1, 0.15) is 0 Å². The molecule has 0 unspecified atom stereocenters. The van der Waals surface area contributed by atoms with Gasteiger partial charge in [0.15, 0.2) is 0 Å². The highest BCUT2D eigenvalue weighted by atomic mass is 33.1. The molecule has 2 rings (SSSR count). The van der Waals surface area contributed by atoms with E-state index in [2.05, 4.69) is 53.3 Å². The smallest absolute Gasteiger partial charge is 0.0171 e. The zero-order valence-electron chi connectivity index (χ0n) is 6.55. The van der Waals surface area contributed by atoms with Crippen LogP contribution < -0.4 is 0 Å². The maximum absolute atomic E-state index is 2.27. The second-order valence-electron chi connectivity index (χ2n) is 2.45. The molecule has 62 valence electrons. The van der Waals surface area contributed by atoms with E-state index in [9.17, 15) is 0 Å². The van der Waals surface area contributed by atoms with Crippen LogP contribution in [0.4, 0.5) is 0 Å². The van der Waals surface area contributed by atoms with Gasteiger partial charge in [-0.3, -0.25) is 0 Å². The molecule has 0 N–H and O–H groups in total. The van der Waals surface area contributed by atoms with Gasteiger partial charge in [0.25, 0.3) is 0 Å². The molecular formula is C10H10S2. The van der Waals surface area contributed by atoms with Crippen LogP contribution >= 0.6 is 20.7 Å². The Labute approximate surface area is 79.1 Å². The van der Waals surface area contributed by atoms with Crippen molar-refractivity contribution in [3.63, 3.8) is 0 Å². The largest absolute Gasteiger partial charge is 0.159 e. The second-order valence-corrected chi connectivity index (χ2v) is 6.23. The first-order valence-corrected chi connectivity index (χ1v) is 6.72. The summed E-state index contributed by atoms with van der Waals surface area (Å²) in [6, 6.07) is 10.5. The molecule has 1 aliphatic rings. The van der Waals surface area contributed by atoms with Crippen molar-refractivity contribution < 1.29 is 0 Å². The summed E-state index contributed by atoms with van der Waals surface area (Å²) in [5.41, 5.74) is 0. The lowest BCUT2D eigenvalue weighted by atomic mass is 10.4. The van der Waals surface area contributed by atoms with Crippen molar-refractivity contribution in [2.45, 2.75) is 4.90 Å². The Morgan fingerprint density at radius 3 is 2.25 bits per heavy atom. The molecule has 0 nitrogen and oxygen atoms in total. The summed E-state index contributed by atoms with van der Waals surface area (Å²) >= 11 is 0. The van der Waals surface area contributed by atoms with Gasteiger partial charge in [-0.2, -0.15) is 9.93 Å². The van der Waals surface area contributed by atoms with Crippen molar-refractivity contribution in [2.24, 2.45) is 0 Å². The van der Waals surface area contributed by atoms with E-state index in [1.54, 1.807) is 0 Å². The van der Waals surface area contributed by atoms with Crippen LogP contribution in [-0.4, -0.2) is 0 Å². The Bertz CT molecular complexity index is 289. The van der Waals surface area contributed by atoms with Crippen molar-refractivity contribution >= 4 is 20.7 Å². The summed E-state index contributed by atoms with van der Waals surface area (Å²) in [7, 11) is 1.88. The van der Waals surface area contributed by atoms with Crippen molar-refractivity contribution in [1.82, 2.24) is 0 Å². The topological polar surface area (TPSA) is 0 Å². The van der Waals surface area contributed by atoms with Crippen LogP contribution in [0.3, 0.4) is 0 Å². The van der Waals surface area contributed by atoms with Gasteiger partial charge in [-0.15, -0.1) is 0 Å². The quantitative estimate of drug-likeness (QED) is 0.553. The summed E-state index contributed by atoms with van der Waals surface area (Å²) in [4.78, 5) is 1.36. The van der Waals surface area contributed by atoms with E-state index in [1.807, 2.05) is 10.8 Å². The Kier molecular flexibility index (Phi) is 2.59. The van der Waals surface area contributed by atoms with Gasteiger partial charge >= 0.3 is 0 Å². The molecule has 0 radical (unpaired) electrons. The second kappa shape index (κ2) is 3.87. The van der Waals surface area contributed by atoms with Crippen molar-refractivity contribution in [1.29, 1.82) is 0 Å². The minimum Gasteiger partial charge on any atom is -0.159 e.